The monoisotopic (exact) mass is 426 g/mol. The third-order valence-electron chi connectivity index (χ3n) is 3.81. The van der Waals surface area contributed by atoms with Crippen molar-refractivity contribution in [3.05, 3.63) is 56.9 Å². The topological polar surface area (TPSA) is 59.3 Å². The number of amides is 1. The van der Waals surface area contributed by atoms with E-state index < -0.39 is 17.8 Å². The van der Waals surface area contributed by atoms with Crippen molar-refractivity contribution in [3.8, 4) is 0 Å². The molecule has 0 fully saturated rings. The molecule has 0 saturated carbocycles. The normalized spacial score (nSPS) is 11.8. The van der Waals surface area contributed by atoms with Crippen LogP contribution >= 0.6 is 15.9 Å². The molecule has 1 N–H and O–H groups in total. The number of alkyl halides is 3. The van der Waals surface area contributed by atoms with Crippen LogP contribution in [-0.4, -0.2) is 20.5 Å². The van der Waals surface area contributed by atoms with Crippen molar-refractivity contribution >= 4 is 33.2 Å². The first kappa shape index (κ1) is 18.4. The highest BCUT2D eigenvalue weighted by molar-refractivity contribution is 9.10. The van der Waals surface area contributed by atoms with Crippen molar-refractivity contribution in [1.82, 2.24) is 14.6 Å². The van der Waals surface area contributed by atoms with Gasteiger partial charge in [-0.05, 0) is 60.0 Å². The highest BCUT2D eigenvalue weighted by atomic mass is 79.9. The van der Waals surface area contributed by atoms with Crippen molar-refractivity contribution < 1.29 is 18.0 Å². The molecule has 136 valence electrons. The van der Waals surface area contributed by atoms with Gasteiger partial charge in [-0.25, -0.2) is 9.50 Å². The van der Waals surface area contributed by atoms with Gasteiger partial charge in [-0.2, -0.15) is 18.3 Å². The standard InChI is InChI=1S/C17H14BrF3N4O/c1-8-4-5-9(2)11(6-8)23-16(26)14-13(18)15-22-10(3)7-12(17(19,20)21)25(15)24-14/h4-7H,1-3H3,(H,23,26). The molecule has 5 nitrogen and oxygen atoms in total. The minimum atomic E-state index is -4.63. The molecule has 2 aromatic heterocycles. The van der Waals surface area contributed by atoms with E-state index in [-0.39, 0.29) is 21.5 Å². The summed E-state index contributed by atoms with van der Waals surface area (Å²) < 4.78 is 40.6. The SMILES string of the molecule is Cc1ccc(C)c(NC(=O)c2nn3c(C(F)(F)F)cc(C)nc3c2Br)c1. The van der Waals surface area contributed by atoms with Gasteiger partial charge in [0.05, 0.1) is 4.47 Å². The van der Waals surface area contributed by atoms with Gasteiger partial charge in [0.15, 0.2) is 11.3 Å². The summed E-state index contributed by atoms with van der Waals surface area (Å²) in [5, 5.41) is 6.53. The molecule has 0 spiro atoms. The lowest BCUT2D eigenvalue weighted by molar-refractivity contribution is -0.142. The predicted octanol–water partition coefficient (Wildman–Crippen LogP) is 4.69. The number of aromatic nitrogens is 3. The number of hydrogen-bond donors (Lipinski definition) is 1. The van der Waals surface area contributed by atoms with E-state index in [1.165, 1.54) is 6.92 Å². The van der Waals surface area contributed by atoms with Crippen LogP contribution in [0, 0.1) is 20.8 Å². The van der Waals surface area contributed by atoms with Crippen molar-refractivity contribution in [2.24, 2.45) is 0 Å². The number of nitrogens with one attached hydrogen (secondary N) is 1. The molecule has 0 aliphatic heterocycles. The fourth-order valence-corrected chi connectivity index (χ4v) is 3.03. The Balaban J connectivity index is 2.09. The summed E-state index contributed by atoms with van der Waals surface area (Å²) in [5.41, 5.74) is 1.28. The van der Waals surface area contributed by atoms with Crippen molar-refractivity contribution in [3.63, 3.8) is 0 Å². The van der Waals surface area contributed by atoms with Gasteiger partial charge in [0, 0.05) is 11.4 Å². The Morgan fingerprint density at radius 1 is 1.19 bits per heavy atom. The molecule has 0 bridgehead atoms. The van der Waals surface area contributed by atoms with E-state index in [4.69, 9.17) is 0 Å². The first-order chi connectivity index (χ1) is 12.1. The Morgan fingerprint density at radius 3 is 2.54 bits per heavy atom. The second-order valence-electron chi connectivity index (χ2n) is 5.95. The first-order valence-corrected chi connectivity index (χ1v) is 8.39. The molecule has 1 amide bonds. The van der Waals surface area contributed by atoms with E-state index in [0.717, 1.165) is 17.2 Å². The summed E-state index contributed by atoms with van der Waals surface area (Å²) >= 11 is 3.16. The molecule has 2 heterocycles. The zero-order chi connectivity index (χ0) is 19.2. The number of nitrogens with zero attached hydrogens (tertiary/aromatic N) is 3. The third-order valence-corrected chi connectivity index (χ3v) is 4.54. The maximum Gasteiger partial charge on any atom is 0.433 e. The summed E-state index contributed by atoms with van der Waals surface area (Å²) in [7, 11) is 0. The van der Waals surface area contributed by atoms with Crippen LogP contribution in [0.5, 0.6) is 0 Å². The van der Waals surface area contributed by atoms with Gasteiger partial charge in [0.25, 0.3) is 5.91 Å². The van der Waals surface area contributed by atoms with Crippen LogP contribution in [0.3, 0.4) is 0 Å². The average Bonchev–Trinajstić information content (AvgIpc) is 2.86. The minimum absolute atomic E-state index is 0.0663. The number of aryl methyl sites for hydroxylation is 3. The fraction of sp³-hybridized carbons (Fsp3) is 0.235. The molecule has 0 aliphatic rings. The molecule has 3 rings (SSSR count). The molecule has 0 unspecified atom stereocenters. The summed E-state index contributed by atoms with van der Waals surface area (Å²) in [5.74, 6) is -0.623. The number of carbonyl (C=O) groups excluding carboxylic acids is 1. The number of halogens is 4. The summed E-state index contributed by atoms with van der Waals surface area (Å²) in [6.45, 7) is 5.14. The van der Waals surface area contributed by atoms with Gasteiger partial charge in [-0.15, -0.1) is 0 Å². The molecular formula is C17H14BrF3N4O. The molecule has 0 atom stereocenters. The molecule has 3 aromatic rings. The van der Waals surface area contributed by atoms with Gasteiger partial charge >= 0.3 is 6.18 Å². The Morgan fingerprint density at radius 2 is 1.88 bits per heavy atom. The summed E-state index contributed by atoms with van der Waals surface area (Å²) in [6, 6.07) is 6.41. The average molecular weight is 427 g/mol. The van der Waals surface area contributed by atoms with Gasteiger partial charge in [0.2, 0.25) is 0 Å². The maximum atomic E-state index is 13.3. The van der Waals surface area contributed by atoms with E-state index in [1.807, 2.05) is 26.0 Å². The highest BCUT2D eigenvalue weighted by Crippen LogP contribution is 2.32. The Hall–Kier alpha value is -2.42. The van der Waals surface area contributed by atoms with Gasteiger partial charge in [0.1, 0.15) is 5.69 Å². The Kier molecular flexibility index (Phi) is 4.51. The maximum absolute atomic E-state index is 13.3. The molecular weight excluding hydrogens is 413 g/mol. The molecule has 26 heavy (non-hydrogen) atoms. The van der Waals surface area contributed by atoms with Crippen LogP contribution in [0.15, 0.2) is 28.7 Å². The first-order valence-electron chi connectivity index (χ1n) is 7.59. The molecule has 0 aliphatic carbocycles. The summed E-state index contributed by atoms with van der Waals surface area (Å²) in [4.78, 5) is 16.7. The van der Waals surface area contributed by atoms with Crippen molar-refractivity contribution in [2.45, 2.75) is 26.9 Å². The van der Waals surface area contributed by atoms with Crippen LogP contribution in [0.1, 0.15) is 33.0 Å². The molecule has 0 radical (unpaired) electrons. The third kappa shape index (κ3) is 3.31. The number of anilines is 1. The smallest absolute Gasteiger partial charge is 0.320 e. The second-order valence-corrected chi connectivity index (χ2v) is 6.74. The fourth-order valence-electron chi connectivity index (χ4n) is 2.51. The largest absolute Gasteiger partial charge is 0.433 e. The van der Waals surface area contributed by atoms with Crippen LogP contribution in [0.4, 0.5) is 18.9 Å². The van der Waals surface area contributed by atoms with Crippen LogP contribution in [-0.2, 0) is 6.18 Å². The number of rotatable bonds is 2. The van der Waals surface area contributed by atoms with Gasteiger partial charge in [-0.1, -0.05) is 12.1 Å². The lowest BCUT2D eigenvalue weighted by atomic mass is 10.1. The van der Waals surface area contributed by atoms with E-state index in [0.29, 0.717) is 10.2 Å². The van der Waals surface area contributed by atoms with E-state index in [2.05, 4.69) is 31.3 Å². The van der Waals surface area contributed by atoms with Crippen molar-refractivity contribution in [1.29, 1.82) is 0 Å². The zero-order valence-electron chi connectivity index (χ0n) is 14.1. The van der Waals surface area contributed by atoms with Crippen molar-refractivity contribution in [2.75, 3.05) is 5.32 Å². The molecule has 9 heteroatoms. The number of benzene rings is 1. The quantitative estimate of drug-likeness (QED) is 0.646. The van der Waals surface area contributed by atoms with Crippen LogP contribution in [0.25, 0.3) is 5.65 Å². The lowest BCUT2D eigenvalue weighted by Gasteiger charge is -2.09. The van der Waals surface area contributed by atoms with E-state index in [1.54, 1.807) is 6.07 Å². The minimum Gasteiger partial charge on any atom is -0.320 e. The molecule has 0 saturated heterocycles. The Labute approximate surface area is 155 Å². The molecule has 1 aromatic carbocycles. The summed E-state index contributed by atoms with van der Waals surface area (Å²) in [6.07, 6.45) is -4.63. The second kappa shape index (κ2) is 6.39. The predicted molar refractivity (Wildman–Crippen MR) is 94.3 cm³/mol. The highest BCUT2D eigenvalue weighted by Gasteiger charge is 2.36. The van der Waals surface area contributed by atoms with E-state index in [9.17, 15) is 18.0 Å². The van der Waals surface area contributed by atoms with Gasteiger partial charge in [-0.3, -0.25) is 4.79 Å². The number of hydrogen-bond acceptors (Lipinski definition) is 3. The van der Waals surface area contributed by atoms with Gasteiger partial charge < -0.3 is 5.32 Å². The number of fused-ring (bicyclic) bond motifs is 1. The lowest BCUT2D eigenvalue weighted by Crippen LogP contribution is -2.16. The van der Waals surface area contributed by atoms with E-state index >= 15 is 0 Å². The number of carbonyl (C=O) groups is 1. The van der Waals surface area contributed by atoms with Crippen LogP contribution in [0.2, 0.25) is 0 Å². The zero-order valence-corrected chi connectivity index (χ0v) is 15.7. The Bertz CT molecular complexity index is 1030. The van der Waals surface area contributed by atoms with Crippen LogP contribution < -0.4 is 5.32 Å².